The van der Waals surface area contributed by atoms with Gasteiger partial charge in [0.05, 0.1) is 10.8 Å². The summed E-state index contributed by atoms with van der Waals surface area (Å²) in [5.41, 5.74) is 5.82. The van der Waals surface area contributed by atoms with E-state index >= 15 is 0 Å². The lowest BCUT2D eigenvalue weighted by molar-refractivity contribution is -0.147. The highest BCUT2D eigenvalue weighted by molar-refractivity contribution is 7.12. The van der Waals surface area contributed by atoms with Gasteiger partial charge in [-0.3, -0.25) is 9.59 Å². The van der Waals surface area contributed by atoms with Gasteiger partial charge in [0, 0.05) is 11.5 Å². The van der Waals surface area contributed by atoms with E-state index in [1.54, 1.807) is 0 Å². The van der Waals surface area contributed by atoms with E-state index in [0.29, 0.717) is 23.5 Å². The molecule has 2 atom stereocenters. The summed E-state index contributed by atoms with van der Waals surface area (Å²) in [4.78, 5) is 26.7. The molecule has 2 aromatic rings. The fraction of sp³-hybridized carbons (Fsp3) is 0.308. The topological polar surface area (TPSA) is 43.4 Å². The zero-order valence-electron chi connectivity index (χ0n) is 16.8. The van der Waals surface area contributed by atoms with Gasteiger partial charge in [0.25, 0.3) is 0 Å². The Bertz CT molecular complexity index is 1070. The van der Waals surface area contributed by atoms with Crippen LogP contribution < -0.4 is 0 Å². The summed E-state index contributed by atoms with van der Waals surface area (Å²) in [5.74, 6) is -0.670. The van der Waals surface area contributed by atoms with E-state index in [4.69, 9.17) is 4.74 Å². The Hall–Kier alpha value is -2.72. The number of ether oxygens (including phenoxy) is 1. The van der Waals surface area contributed by atoms with Crippen LogP contribution in [0.2, 0.25) is 0 Å². The summed E-state index contributed by atoms with van der Waals surface area (Å²) in [7, 11) is 0. The minimum Gasteiger partial charge on any atom is -0.464 e. The number of carbonyl (C=O) groups is 2. The van der Waals surface area contributed by atoms with Crippen LogP contribution in [0.3, 0.4) is 0 Å². The van der Waals surface area contributed by atoms with E-state index in [1.807, 2.05) is 23.6 Å². The molecular formula is C26H24O3S. The average molecular weight is 417 g/mol. The molecule has 0 bridgehead atoms. The van der Waals surface area contributed by atoms with E-state index in [2.05, 4.69) is 36.4 Å². The molecule has 0 fully saturated rings. The Labute approximate surface area is 180 Å². The fourth-order valence-electron chi connectivity index (χ4n) is 4.91. The van der Waals surface area contributed by atoms with Crippen molar-refractivity contribution < 1.29 is 14.3 Å². The van der Waals surface area contributed by atoms with Gasteiger partial charge in [0.15, 0.2) is 5.78 Å². The van der Waals surface area contributed by atoms with Crippen molar-refractivity contribution in [2.45, 2.75) is 38.0 Å². The van der Waals surface area contributed by atoms with E-state index in [1.165, 1.54) is 33.6 Å². The molecule has 0 spiro atoms. The first-order chi connectivity index (χ1) is 14.7. The lowest BCUT2D eigenvalue weighted by atomic mass is 9.85. The summed E-state index contributed by atoms with van der Waals surface area (Å²) in [6, 6.07) is 12.1. The molecule has 1 aromatic carbocycles. The molecule has 0 saturated carbocycles. The number of ketones is 1. The smallest absolute Gasteiger partial charge is 0.313 e. The molecule has 0 saturated heterocycles. The summed E-state index contributed by atoms with van der Waals surface area (Å²) in [5, 5.41) is 1.89. The van der Waals surface area contributed by atoms with Crippen molar-refractivity contribution in [2.24, 2.45) is 5.92 Å². The van der Waals surface area contributed by atoms with Gasteiger partial charge in [0.1, 0.15) is 6.61 Å². The van der Waals surface area contributed by atoms with Gasteiger partial charge in [-0.25, -0.2) is 0 Å². The Morgan fingerprint density at radius 2 is 2.00 bits per heavy atom. The molecule has 0 aliphatic heterocycles. The minimum absolute atomic E-state index is 0.0296. The predicted octanol–water partition coefficient (Wildman–Crippen LogP) is 6.10. The Kier molecular flexibility index (Phi) is 5.26. The van der Waals surface area contributed by atoms with Crippen LogP contribution in [0, 0.1) is 5.92 Å². The second-order valence-corrected chi connectivity index (χ2v) is 9.04. The molecule has 1 aromatic heterocycles. The zero-order chi connectivity index (χ0) is 20.5. The molecule has 4 heteroatoms. The van der Waals surface area contributed by atoms with Crippen LogP contribution in [-0.2, 0) is 9.53 Å². The number of fused-ring (bicyclic) bond motifs is 2. The second-order valence-electron chi connectivity index (χ2n) is 8.09. The van der Waals surface area contributed by atoms with Crippen LogP contribution in [-0.4, -0.2) is 18.4 Å². The van der Waals surface area contributed by atoms with Crippen LogP contribution in [0.5, 0.6) is 0 Å². The van der Waals surface area contributed by atoms with Crippen LogP contribution in [0.1, 0.15) is 58.8 Å². The molecule has 2 unspecified atom stereocenters. The summed E-state index contributed by atoms with van der Waals surface area (Å²) >= 11 is 1.42. The third-order valence-corrected chi connectivity index (χ3v) is 7.23. The molecule has 0 N–H and O–H groups in total. The van der Waals surface area contributed by atoms with Gasteiger partial charge < -0.3 is 4.74 Å². The van der Waals surface area contributed by atoms with E-state index in [9.17, 15) is 9.59 Å². The molecule has 30 heavy (non-hydrogen) atoms. The molecule has 3 aliphatic rings. The normalized spacial score (nSPS) is 22.3. The van der Waals surface area contributed by atoms with Gasteiger partial charge in [0.2, 0.25) is 0 Å². The third kappa shape index (κ3) is 3.39. The maximum atomic E-state index is 13.1. The van der Waals surface area contributed by atoms with Crippen molar-refractivity contribution >= 4 is 28.7 Å². The number of esters is 1. The maximum Gasteiger partial charge on any atom is 0.313 e. The first-order valence-electron chi connectivity index (χ1n) is 10.7. The number of benzene rings is 1. The number of rotatable bonds is 5. The van der Waals surface area contributed by atoms with Crippen molar-refractivity contribution in [1.29, 1.82) is 0 Å². The lowest BCUT2D eigenvalue weighted by Crippen LogP contribution is -2.27. The van der Waals surface area contributed by atoms with Crippen molar-refractivity contribution in [3.63, 3.8) is 0 Å². The third-order valence-electron chi connectivity index (χ3n) is 6.36. The predicted molar refractivity (Wildman–Crippen MR) is 120 cm³/mol. The highest BCUT2D eigenvalue weighted by Crippen LogP contribution is 2.46. The SMILES string of the molecule is O=C(C1=CCCCC1C(=O)OCC1C2=C(CCC=C2)c2ccccc21)c1cccs1. The van der Waals surface area contributed by atoms with Crippen molar-refractivity contribution in [3.8, 4) is 0 Å². The molecule has 152 valence electrons. The quantitative estimate of drug-likeness (QED) is 0.437. The summed E-state index contributed by atoms with van der Waals surface area (Å²) in [6.07, 6.45) is 10.9. The maximum absolute atomic E-state index is 13.1. The van der Waals surface area contributed by atoms with E-state index in [0.717, 1.165) is 25.7 Å². The second kappa shape index (κ2) is 8.19. The van der Waals surface area contributed by atoms with E-state index in [-0.39, 0.29) is 17.7 Å². The number of hydrogen-bond donors (Lipinski definition) is 0. The number of carbonyl (C=O) groups excluding carboxylic acids is 2. The molecule has 3 aliphatic carbocycles. The van der Waals surface area contributed by atoms with Crippen molar-refractivity contribution in [2.75, 3.05) is 6.61 Å². The van der Waals surface area contributed by atoms with Gasteiger partial charge in [-0.05, 0) is 65.8 Å². The number of hydrogen-bond acceptors (Lipinski definition) is 4. The van der Waals surface area contributed by atoms with Crippen LogP contribution in [0.4, 0.5) is 0 Å². The monoisotopic (exact) mass is 416 g/mol. The van der Waals surface area contributed by atoms with Gasteiger partial charge in [-0.1, -0.05) is 48.6 Å². The number of allylic oxidation sites excluding steroid dienone is 4. The molecule has 0 radical (unpaired) electrons. The van der Waals surface area contributed by atoms with Gasteiger partial charge in [-0.2, -0.15) is 0 Å². The molecule has 5 rings (SSSR count). The highest BCUT2D eigenvalue weighted by Gasteiger charge is 2.35. The average Bonchev–Trinajstić information content (AvgIpc) is 3.44. The largest absolute Gasteiger partial charge is 0.464 e. The Balaban J connectivity index is 1.34. The van der Waals surface area contributed by atoms with Crippen LogP contribution in [0.15, 0.2) is 71.2 Å². The minimum atomic E-state index is -0.458. The van der Waals surface area contributed by atoms with Crippen LogP contribution in [0.25, 0.3) is 5.57 Å². The van der Waals surface area contributed by atoms with E-state index < -0.39 is 5.92 Å². The fourth-order valence-corrected chi connectivity index (χ4v) is 5.60. The highest BCUT2D eigenvalue weighted by atomic mass is 32.1. The lowest BCUT2D eigenvalue weighted by Gasteiger charge is -2.23. The summed E-state index contributed by atoms with van der Waals surface area (Å²) < 4.78 is 5.87. The number of thiophene rings is 1. The van der Waals surface area contributed by atoms with Crippen molar-refractivity contribution in [3.05, 3.63) is 87.2 Å². The Morgan fingerprint density at radius 3 is 2.87 bits per heavy atom. The van der Waals surface area contributed by atoms with Gasteiger partial charge in [-0.15, -0.1) is 11.3 Å². The first-order valence-corrected chi connectivity index (χ1v) is 11.6. The van der Waals surface area contributed by atoms with Crippen LogP contribution >= 0.6 is 11.3 Å². The Morgan fingerprint density at radius 1 is 1.10 bits per heavy atom. The number of Topliss-reactive ketones (excluding diaryl/α,β-unsaturated/α-hetero) is 1. The van der Waals surface area contributed by atoms with Gasteiger partial charge >= 0.3 is 5.97 Å². The van der Waals surface area contributed by atoms with Crippen molar-refractivity contribution in [1.82, 2.24) is 0 Å². The molecule has 3 nitrogen and oxygen atoms in total. The molecule has 1 heterocycles. The first kappa shape index (κ1) is 19.3. The molecular weight excluding hydrogens is 392 g/mol. The zero-order valence-corrected chi connectivity index (χ0v) is 17.6. The standard InChI is InChI=1S/C26H24O3S/c27-25(24-14-7-15-30-24)21-12-5-6-13-22(21)26(28)29-16-23-19-10-3-1-8-17(19)18-9-2-4-11-20(18)23/h1,3-4,7-8,10-12,14-15,22-23H,2,5-6,9,13,16H2. The molecule has 0 amide bonds. The summed E-state index contributed by atoms with van der Waals surface area (Å²) in [6.45, 7) is 0.329.